The van der Waals surface area contributed by atoms with Crippen molar-refractivity contribution in [2.45, 2.75) is 322 Å². The predicted molar refractivity (Wildman–Crippen MR) is 343 cm³/mol. The minimum absolute atomic E-state index is 0.0872. The lowest BCUT2D eigenvalue weighted by Crippen LogP contribution is -2.30. The summed E-state index contributed by atoms with van der Waals surface area (Å²) in [6, 6.07) is 0. The molecule has 0 aliphatic rings. The van der Waals surface area contributed by atoms with Crippen LogP contribution in [0.5, 0.6) is 0 Å². The Kier molecular flexibility index (Phi) is 63.3. The summed E-state index contributed by atoms with van der Waals surface area (Å²) in [5.74, 6) is -0.906. The number of ether oxygens (including phenoxy) is 3. The van der Waals surface area contributed by atoms with Crippen LogP contribution >= 0.6 is 0 Å². The van der Waals surface area contributed by atoms with Crippen molar-refractivity contribution in [1.82, 2.24) is 0 Å². The quantitative estimate of drug-likeness (QED) is 0.0261. The Morgan fingerprint density at radius 1 is 0.266 bits per heavy atom. The molecule has 0 aromatic rings. The van der Waals surface area contributed by atoms with E-state index in [0.29, 0.717) is 19.3 Å². The Bertz CT molecular complexity index is 1590. The second kappa shape index (κ2) is 66.6. The number of carbonyl (C=O) groups excluding carboxylic acids is 3. The summed E-state index contributed by atoms with van der Waals surface area (Å²) in [5.41, 5.74) is 0. The van der Waals surface area contributed by atoms with Crippen LogP contribution in [-0.2, 0) is 28.6 Å². The summed E-state index contributed by atoms with van der Waals surface area (Å²) in [6.07, 6.45) is 91.0. The van der Waals surface area contributed by atoms with Gasteiger partial charge >= 0.3 is 17.9 Å². The van der Waals surface area contributed by atoms with E-state index < -0.39 is 6.10 Å². The van der Waals surface area contributed by atoms with Crippen molar-refractivity contribution < 1.29 is 28.6 Å². The fourth-order valence-electron chi connectivity index (χ4n) is 9.22. The van der Waals surface area contributed by atoms with Crippen molar-refractivity contribution >= 4 is 17.9 Å². The second-order valence-electron chi connectivity index (χ2n) is 22.0. The number of esters is 3. The monoisotopic (exact) mass is 1100 g/mol. The molecule has 0 saturated heterocycles. The maximum atomic E-state index is 12.9. The van der Waals surface area contributed by atoms with Gasteiger partial charge in [0, 0.05) is 19.3 Å². The van der Waals surface area contributed by atoms with Crippen molar-refractivity contribution in [3.63, 3.8) is 0 Å². The third-order valence-electron chi connectivity index (χ3n) is 14.2. The normalized spacial score (nSPS) is 12.8. The molecule has 0 spiro atoms. The van der Waals surface area contributed by atoms with Crippen LogP contribution in [0, 0.1) is 0 Å². The lowest BCUT2D eigenvalue weighted by molar-refractivity contribution is -0.167. The first-order valence-corrected chi connectivity index (χ1v) is 33.4. The molecular weight excluding hydrogens is 973 g/mol. The van der Waals surface area contributed by atoms with Gasteiger partial charge in [0.2, 0.25) is 0 Å². The maximum Gasteiger partial charge on any atom is 0.306 e. The molecule has 0 amide bonds. The highest BCUT2D eigenvalue weighted by atomic mass is 16.6. The van der Waals surface area contributed by atoms with Crippen LogP contribution in [0.15, 0.2) is 109 Å². The summed E-state index contributed by atoms with van der Waals surface area (Å²) in [5, 5.41) is 0. The van der Waals surface area contributed by atoms with E-state index in [4.69, 9.17) is 14.2 Å². The topological polar surface area (TPSA) is 78.9 Å². The fraction of sp³-hybridized carbons (Fsp3) is 0.712. The third kappa shape index (κ3) is 64.8. The molecule has 1 unspecified atom stereocenters. The largest absolute Gasteiger partial charge is 0.462 e. The zero-order valence-corrected chi connectivity index (χ0v) is 51.9. The molecule has 0 N–H and O–H groups in total. The lowest BCUT2D eigenvalue weighted by atomic mass is 10.0. The molecule has 1 atom stereocenters. The van der Waals surface area contributed by atoms with Crippen LogP contribution in [-0.4, -0.2) is 37.2 Å². The number of rotatable bonds is 60. The molecule has 0 fully saturated rings. The Balaban J connectivity index is 4.24. The summed E-state index contributed by atoms with van der Waals surface area (Å²) in [4.78, 5) is 38.3. The lowest BCUT2D eigenvalue weighted by Gasteiger charge is -2.18. The highest BCUT2D eigenvalue weighted by Gasteiger charge is 2.19. The fourth-order valence-corrected chi connectivity index (χ4v) is 9.22. The first kappa shape index (κ1) is 75.1. The van der Waals surface area contributed by atoms with Crippen molar-refractivity contribution in [2.24, 2.45) is 0 Å². The highest BCUT2D eigenvalue weighted by Crippen LogP contribution is 2.16. The van der Waals surface area contributed by atoms with Crippen molar-refractivity contribution in [3.8, 4) is 0 Å². The zero-order chi connectivity index (χ0) is 57.1. The molecular formula is C73H124O6. The number of hydrogen-bond acceptors (Lipinski definition) is 6. The van der Waals surface area contributed by atoms with Crippen molar-refractivity contribution in [2.75, 3.05) is 13.2 Å². The molecule has 0 saturated carbocycles. The van der Waals surface area contributed by atoms with Gasteiger partial charge in [-0.25, -0.2) is 0 Å². The average Bonchev–Trinajstić information content (AvgIpc) is 3.45. The Labute approximate surface area is 489 Å². The predicted octanol–water partition coefficient (Wildman–Crippen LogP) is 23.0. The maximum absolute atomic E-state index is 12.9. The number of carbonyl (C=O) groups is 3. The van der Waals surface area contributed by atoms with Gasteiger partial charge in [-0.05, 0) is 122 Å². The molecule has 0 aliphatic carbocycles. The van der Waals surface area contributed by atoms with Crippen molar-refractivity contribution in [1.29, 1.82) is 0 Å². The van der Waals surface area contributed by atoms with Gasteiger partial charge in [-0.3, -0.25) is 14.4 Å². The summed E-state index contributed by atoms with van der Waals surface area (Å²) < 4.78 is 16.9. The van der Waals surface area contributed by atoms with Gasteiger partial charge in [0.25, 0.3) is 0 Å². The Hall–Kier alpha value is -3.93. The van der Waals surface area contributed by atoms with Gasteiger partial charge in [-0.1, -0.05) is 284 Å². The van der Waals surface area contributed by atoms with Crippen LogP contribution in [0.4, 0.5) is 0 Å². The van der Waals surface area contributed by atoms with Crippen molar-refractivity contribution in [3.05, 3.63) is 109 Å². The Morgan fingerprint density at radius 3 is 0.810 bits per heavy atom. The molecule has 6 heteroatoms. The zero-order valence-electron chi connectivity index (χ0n) is 51.9. The SMILES string of the molecule is CC/C=C\C/C=C\C/C=C\C/C=C\C/C=C\CCCCCCCCCCCCCCCCCC(=O)OCC(COC(=O)CCCCCCC/C=C\C/C=C\CCCC)OC(=O)CCCCCCC/C=C\C/C=C\CCCCCC. The minimum Gasteiger partial charge on any atom is -0.462 e. The summed E-state index contributed by atoms with van der Waals surface area (Å²) >= 11 is 0. The number of allylic oxidation sites excluding steroid dienone is 18. The average molecular weight is 1100 g/mol. The van der Waals surface area contributed by atoms with E-state index in [0.717, 1.165) is 141 Å². The van der Waals surface area contributed by atoms with Gasteiger partial charge in [-0.2, -0.15) is 0 Å². The minimum atomic E-state index is -0.792. The first-order valence-electron chi connectivity index (χ1n) is 33.4. The Morgan fingerprint density at radius 2 is 0.506 bits per heavy atom. The molecule has 0 aliphatic heterocycles. The van der Waals surface area contributed by atoms with Gasteiger partial charge in [0.1, 0.15) is 13.2 Å². The van der Waals surface area contributed by atoms with E-state index in [9.17, 15) is 14.4 Å². The molecule has 0 heterocycles. The molecule has 0 rings (SSSR count). The van der Waals surface area contributed by atoms with Crippen LogP contribution in [0.2, 0.25) is 0 Å². The molecule has 0 aromatic carbocycles. The van der Waals surface area contributed by atoms with Crippen LogP contribution < -0.4 is 0 Å². The molecule has 0 aromatic heterocycles. The number of hydrogen-bond donors (Lipinski definition) is 0. The van der Waals surface area contributed by atoms with Crippen LogP contribution in [0.3, 0.4) is 0 Å². The molecule has 0 bridgehead atoms. The van der Waals surface area contributed by atoms with Gasteiger partial charge in [-0.15, -0.1) is 0 Å². The van der Waals surface area contributed by atoms with E-state index in [2.05, 4.69) is 130 Å². The van der Waals surface area contributed by atoms with E-state index in [1.165, 1.54) is 135 Å². The van der Waals surface area contributed by atoms with E-state index in [1.54, 1.807) is 0 Å². The highest BCUT2D eigenvalue weighted by molar-refractivity contribution is 5.71. The summed E-state index contributed by atoms with van der Waals surface area (Å²) in [6.45, 7) is 6.47. The third-order valence-corrected chi connectivity index (χ3v) is 14.2. The van der Waals surface area contributed by atoms with E-state index in [-0.39, 0.29) is 31.1 Å². The second-order valence-corrected chi connectivity index (χ2v) is 22.0. The van der Waals surface area contributed by atoms with Crippen LogP contribution in [0.1, 0.15) is 316 Å². The molecule has 0 radical (unpaired) electrons. The smallest absolute Gasteiger partial charge is 0.306 e. The molecule has 452 valence electrons. The standard InChI is InChI=1S/C73H124O6/c1-4-7-10-13-16-19-22-25-28-30-31-32-33-34-35-36-37-38-39-40-41-42-43-44-46-48-51-54-57-60-63-66-72(75)78-69-70(68-77-71(74)65-62-59-56-53-50-47-27-24-21-18-15-12-9-6-3)79-73(76)67-64-61-58-55-52-49-45-29-26-23-20-17-14-11-8-5-2/h7,10,15-16,18-20,23-25,27-29,31-32,34-35,45,70H,4-6,8-9,11-14,17,21-22,26,30,33,36-44,46-69H2,1-3H3/b10-7-,18-15-,19-16-,23-20-,27-24-,28-25-,32-31-,35-34-,45-29-. The molecule has 6 nitrogen and oxygen atoms in total. The summed E-state index contributed by atoms with van der Waals surface area (Å²) in [7, 11) is 0. The van der Waals surface area contributed by atoms with E-state index in [1.807, 2.05) is 0 Å². The molecule has 79 heavy (non-hydrogen) atoms. The van der Waals surface area contributed by atoms with Gasteiger partial charge in [0.15, 0.2) is 6.10 Å². The first-order chi connectivity index (χ1) is 39.0. The van der Waals surface area contributed by atoms with Gasteiger partial charge < -0.3 is 14.2 Å². The van der Waals surface area contributed by atoms with Crippen LogP contribution in [0.25, 0.3) is 0 Å². The van der Waals surface area contributed by atoms with Gasteiger partial charge in [0.05, 0.1) is 0 Å². The number of unbranched alkanes of at least 4 members (excludes halogenated alkanes) is 31. The van der Waals surface area contributed by atoms with E-state index >= 15 is 0 Å².